The van der Waals surface area contributed by atoms with E-state index >= 15 is 0 Å². The van der Waals surface area contributed by atoms with E-state index in [9.17, 15) is 0 Å². The number of anilines is 1. The Hall–Kier alpha value is -1.49. The highest BCUT2D eigenvalue weighted by molar-refractivity contribution is 5.48. The van der Waals surface area contributed by atoms with Gasteiger partial charge in [-0.1, -0.05) is 13.0 Å². The fourth-order valence-corrected chi connectivity index (χ4v) is 0.968. The molecule has 0 aliphatic carbocycles. The van der Waals surface area contributed by atoms with Crippen molar-refractivity contribution in [2.45, 2.75) is 13.3 Å². The summed E-state index contributed by atoms with van der Waals surface area (Å²) in [5.41, 5.74) is 1.73. The normalized spacial score (nSPS) is 9.00. The van der Waals surface area contributed by atoms with Crippen LogP contribution in [0, 0.1) is 11.3 Å². The summed E-state index contributed by atoms with van der Waals surface area (Å²) in [6, 6.07) is 9.62. The Bertz CT molecular complexity index is 286. The van der Waals surface area contributed by atoms with E-state index in [2.05, 4.69) is 18.3 Å². The van der Waals surface area contributed by atoms with Gasteiger partial charge in [0.25, 0.3) is 0 Å². The molecule has 0 aromatic heterocycles. The lowest BCUT2D eigenvalue weighted by Gasteiger charge is -2.03. The fourth-order valence-electron chi connectivity index (χ4n) is 0.968. The van der Waals surface area contributed by atoms with Crippen molar-refractivity contribution < 1.29 is 0 Å². The van der Waals surface area contributed by atoms with Crippen molar-refractivity contribution in [3.63, 3.8) is 0 Å². The minimum absolute atomic E-state index is 0.705. The molecular formula is C10H12N2. The molecule has 12 heavy (non-hydrogen) atoms. The summed E-state index contributed by atoms with van der Waals surface area (Å²) < 4.78 is 0. The third kappa shape index (κ3) is 2.28. The minimum atomic E-state index is 0.705. The van der Waals surface area contributed by atoms with Gasteiger partial charge in [0.05, 0.1) is 11.6 Å². The number of nitrogens with one attached hydrogen (secondary N) is 1. The fraction of sp³-hybridized carbons (Fsp3) is 0.300. The molecule has 0 unspecified atom stereocenters. The maximum Gasteiger partial charge on any atom is 0.0992 e. The zero-order valence-electron chi connectivity index (χ0n) is 7.17. The predicted molar refractivity (Wildman–Crippen MR) is 49.9 cm³/mol. The van der Waals surface area contributed by atoms with Gasteiger partial charge in [0.1, 0.15) is 0 Å². The average Bonchev–Trinajstić information content (AvgIpc) is 2.15. The second kappa shape index (κ2) is 4.40. The van der Waals surface area contributed by atoms with Gasteiger partial charge in [0.15, 0.2) is 0 Å². The molecule has 0 radical (unpaired) electrons. The summed E-state index contributed by atoms with van der Waals surface area (Å²) in [7, 11) is 0. The van der Waals surface area contributed by atoms with Crippen LogP contribution in [0.1, 0.15) is 18.9 Å². The third-order valence-electron chi connectivity index (χ3n) is 1.57. The van der Waals surface area contributed by atoms with E-state index in [-0.39, 0.29) is 0 Å². The molecule has 0 saturated heterocycles. The van der Waals surface area contributed by atoms with Crippen molar-refractivity contribution in [1.29, 1.82) is 5.26 Å². The highest BCUT2D eigenvalue weighted by Crippen LogP contribution is 2.09. The molecule has 0 amide bonds. The predicted octanol–water partition coefficient (Wildman–Crippen LogP) is 2.38. The molecule has 0 spiro atoms. The molecule has 1 rings (SSSR count). The van der Waals surface area contributed by atoms with E-state index in [0.717, 1.165) is 18.7 Å². The van der Waals surface area contributed by atoms with E-state index in [1.54, 1.807) is 6.07 Å². The highest BCUT2D eigenvalue weighted by atomic mass is 14.9. The van der Waals surface area contributed by atoms with Crippen LogP contribution in [0.15, 0.2) is 24.3 Å². The van der Waals surface area contributed by atoms with E-state index in [0.29, 0.717) is 5.56 Å². The molecular weight excluding hydrogens is 148 g/mol. The molecule has 1 aromatic rings. The topological polar surface area (TPSA) is 35.8 Å². The minimum Gasteiger partial charge on any atom is -0.385 e. The molecule has 62 valence electrons. The molecule has 2 heteroatoms. The second-order valence-electron chi connectivity index (χ2n) is 2.62. The summed E-state index contributed by atoms with van der Waals surface area (Å²) >= 11 is 0. The average molecular weight is 160 g/mol. The zero-order valence-corrected chi connectivity index (χ0v) is 7.17. The molecule has 0 fully saturated rings. The number of nitrogens with zero attached hydrogens (tertiary/aromatic N) is 1. The van der Waals surface area contributed by atoms with E-state index in [4.69, 9.17) is 5.26 Å². The number of rotatable bonds is 3. The Labute approximate surface area is 72.8 Å². The van der Waals surface area contributed by atoms with Crippen molar-refractivity contribution in [2.75, 3.05) is 11.9 Å². The van der Waals surface area contributed by atoms with Gasteiger partial charge in [0, 0.05) is 12.2 Å². The quantitative estimate of drug-likeness (QED) is 0.736. The van der Waals surface area contributed by atoms with Crippen molar-refractivity contribution in [3.05, 3.63) is 29.8 Å². The van der Waals surface area contributed by atoms with Crippen LogP contribution in [0.3, 0.4) is 0 Å². The molecule has 0 aliphatic heterocycles. The molecule has 0 saturated carbocycles. The monoisotopic (exact) mass is 160 g/mol. The molecule has 0 aliphatic rings. The van der Waals surface area contributed by atoms with Crippen LogP contribution >= 0.6 is 0 Å². The summed E-state index contributed by atoms with van der Waals surface area (Å²) in [6.07, 6.45) is 1.09. The standard InChI is InChI=1S/C10H12N2/c1-2-6-12-10-5-3-4-9(7-10)8-11/h3-5,7,12H,2,6H2,1H3. The van der Waals surface area contributed by atoms with Gasteiger partial charge in [-0.05, 0) is 24.6 Å². The number of benzene rings is 1. The van der Waals surface area contributed by atoms with Gasteiger partial charge in [0.2, 0.25) is 0 Å². The van der Waals surface area contributed by atoms with E-state index in [1.807, 2.05) is 18.2 Å². The molecule has 1 N–H and O–H groups in total. The Kier molecular flexibility index (Phi) is 3.16. The lowest BCUT2D eigenvalue weighted by molar-refractivity contribution is 0.979. The Morgan fingerprint density at radius 3 is 3.00 bits per heavy atom. The summed E-state index contributed by atoms with van der Waals surface area (Å²) in [6.45, 7) is 3.07. The third-order valence-corrected chi connectivity index (χ3v) is 1.57. The molecule has 0 atom stereocenters. The molecule has 0 bridgehead atoms. The Balaban J connectivity index is 2.68. The van der Waals surface area contributed by atoms with Crippen LogP contribution < -0.4 is 5.32 Å². The lowest BCUT2D eigenvalue weighted by Crippen LogP contribution is -1.99. The number of hydrogen-bond acceptors (Lipinski definition) is 2. The molecule has 2 nitrogen and oxygen atoms in total. The van der Waals surface area contributed by atoms with Crippen molar-refractivity contribution in [2.24, 2.45) is 0 Å². The largest absolute Gasteiger partial charge is 0.385 e. The maximum absolute atomic E-state index is 8.61. The van der Waals surface area contributed by atoms with Crippen LogP contribution in [0.5, 0.6) is 0 Å². The summed E-state index contributed by atoms with van der Waals surface area (Å²) in [5.74, 6) is 0. The number of nitriles is 1. The van der Waals surface area contributed by atoms with Crippen molar-refractivity contribution >= 4 is 5.69 Å². The van der Waals surface area contributed by atoms with Gasteiger partial charge in [-0.2, -0.15) is 5.26 Å². The van der Waals surface area contributed by atoms with Crippen LogP contribution in [0.25, 0.3) is 0 Å². The summed E-state index contributed by atoms with van der Waals surface area (Å²) in [4.78, 5) is 0. The van der Waals surface area contributed by atoms with Crippen molar-refractivity contribution in [1.82, 2.24) is 0 Å². The van der Waals surface area contributed by atoms with Crippen molar-refractivity contribution in [3.8, 4) is 6.07 Å². The van der Waals surface area contributed by atoms with Gasteiger partial charge in [-0.15, -0.1) is 0 Å². The van der Waals surface area contributed by atoms with Crippen LogP contribution in [0.4, 0.5) is 5.69 Å². The van der Waals surface area contributed by atoms with Crippen LogP contribution in [0.2, 0.25) is 0 Å². The van der Waals surface area contributed by atoms with E-state index < -0.39 is 0 Å². The first-order chi connectivity index (χ1) is 5.86. The van der Waals surface area contributed by atoms with Gasteiger partial charge < -0.3 is 5.32 Å². The van der Waals surface area contributed by atoms with E-state index in [1.165, 1.54) is 0 Å². The Morgan fingerprint density at radius 1 is 1.50 bits per heavy atom. The van der Waals surface area contributed by atoms with Crippen LogP contribution in [-0.2, 0) is 0 Å². The maximum atomic E-state index is 8.61. The highest BCUT2D eigenvalue weighted by Gasteiger charge is 1.91. The molecule has 1 aromatic carbocycles. The smallest absolute Gasteiger partial charge is 0.0992 e. The molecule has 0 heterocycles. The number of hydrogen-bond donors (Lipinski definition) is 1. The van der Waals surface area contributed by atoms with Gasteiger partial charge in [-0.3, -0.25) is 0 Å². The first-order valence-electron chi connectivity index (χ1n) is 4.11. The Morgan fingerprint density at radius 2 is 2.33 bits per heavy atom. The summed E-state index contributed by atoms with van der Waals surface area (Å²) in [5, 5.41) is 11.8. The second-order valence-corrected chi connectivity index (χ2v) is 2.62. The van der Waals surface area contributed by atoms with Gasteiger partial charge >= 0.3 is 0 Å². The van der Waals surface area contributed by atoms with Crippen LogP contribution in [-0.4, -0.2) is 6.54 Å². The lowest BCUT2D eigenvalue weighted by atomic mass is 10.2. The zero-order chi connectivity index (χ0) is 8.81. The first-order valence-corrected chi connectivity index (χ1v) is 4.11. The first kappa shape index (κ1) is 8.61. The van der Waals surface area contributed by atoms with Gasteiger partial charge in [-0.25, -0.2) is 0 Å². The SMILES string of the molecule is CCCNc1cccc(C#N)c1.